The van der Waals surface area contributed by atoms with Crippen LogP contribution in [0.5, 0.6) is 0 Å². The van der Waals surface area contributed by atoms with E-state index < -0.39 is 0 Å². The largest absolute Gasteiger partial charge is 0.399 e. The summed E-state index contributed by atoms with van der Waals surface area (Å²) >= 11 is 3.25. The number of anilines is 1. The van der Waals surface area contributed by atoms with Crippen LogP contribution >= 0.6 is 15.9 Å². The summed E-state index contributed by atoms with van der Waals surface area (Å²) in [6, 6.07) is 5.01. The molecule has 1 aromatic rings. The van der Waals surface area contributed by atoms with Crippen molar-refractivity contribution in [2.45, 2.75) is 6.92 Å². The van der Waals surface area contributed by atoms with Gasteiger partial charge in [-0.05, 0) is 41.1 Å². The minimum atomic E-state index is -0.314. The predicted molar refractivity (Wildman–Crippen MR) is 57.6 cm³/mol. The molecule has 0 aromatic heterocycles. The number of nitrogens with two attached hydrogens (primary N) is 1. The molecule has 1 aromatic carbocycles. The van der Waals surface area contributed by atoms with Crippen LogP contribution in [0.15, 0.2) is 22.7 Å². The summed E-state index contributed by atoms with van der Waals surface area (Å²) in [6.45, 7) is 2.21. The molecule has 0 aliphatic rings. The Morgan fingerprint density at radius 3 is 3.00 bits per heavy atom. The van der Waals surface area contributed by atoms with Crippen molar-refractivity contribution in [3.8, 4) is 0 Å². The third-order valence-electron chi connectivity index (χ3n) is 1.54. The predicted octanol–water partition coefficient (Wildman–Crippen LogP) is 1.71. The van der Waals surface area contributed by atoms with Crippen molar-refractivity contribution >= 4 is 27.5 Å². The summed E-state index contributed by atoms with van der Waals surface area (Å²) in [5.41, 5.74) is 8.84. The Labute approximate surface area is 90.5 Å². The molecule has 0 aliphatic heterocycles. The van der Waals surface area contributed by atoms with Gasteiger partial charge in [0.25, 0.3) is 5.91 Å². The average molecular weight is 259 g/mol. The molecule has 76 valence electrons. The normalized spacial score (nSPS) is 9.86. The SMILES string of the molecule is CCONC(=O)c1cc(N)ccc1Br. The van der Waals surface area contributed by atoms with Crippen molar-refractivity contribution in [1.82, 2.24) is 5.48 Å². The lowest BCUT2D eigenvalue weighted by atomic mass is 10.2. The fourth-order valence-corrected chi connectivity index (χ4v) is 1.34. The summed E-state index contributed by atoms with van der Waals surface area (Å²) in [4.78, 5) is 16.2. The molecule has 0 fully saturated rings. The lowest BCUT2D eigenvalue weighted by Gasteiger charge is -2.06. The van der Waals surface area contributed by atoms with Gasteiger partial charge in [-0.2, -0.15) is 0 Å². The Morgan fingerprint density at radius 2 is 2.36 bits per heavy atom. The van der Waals surface area contributed by atoms with E-state index in [0.29, 0.717) is 22.3 Å². The zero-order valence-electron chi connectivity index (χ0n) is 7.71. The van der Waals surface area contributed by atoms with Crippen LogP contribution in [0.25, 0.3) is 0 Å². The number of nitrogens with one attached hydrogen (secondary N) is 1. The Bertz CT molecular complexity index is 342. The highest BCUT2D eigenvalue weighted by Crippen LogP contribution is 2.19. The molecule has 0 heterocycles. The van der Waals surface area contributed by atoms with Crippen molar-refractivity contribution in [2.75, 3.05) is 12.3 Å². The molecule has 3 N–H and O–H groups in total. The standard InChI is InChI=1S/C9H11BrN2O2/c1-2-14-12-9(13)7-5-6(11)3-4-8(7)10/h3-5H,2,11H2,1H3,(H,12,13). The van der Waals surface area contributed by atoms with E-state index in [4.69, 9.17) is 10.6 Å². The number of carbonyl (C=O) groups excluding carboxylic acids is 1. The number of rotatable bonds is 3. The molecule has 5 heteroatoms. The summed E-state index contributed by atoms with van der Waals surface area (Å²) in [6.07, 6.45) is 0. The first-order valence-corrected chi connectivity index (χ1v) is 4.91. The van der Waals surface area contributed by atoms with Gasteiger partial charge in [-0.25, -0.2) is 5.48 Å². The van der Waals surface area contributed by atoms with Crippen molar-refractivity contribution < 1.29 is 9.63 Å². The molecule has 0 spiro atoms. The fourth-order valence-electron chi connectivity index (χ4n) is 0.910. The van der Waals surface area contributed by atoms with Crippen LogP contribution < -0.4 is 11.2 Å². The van der Waals surface area contributed by atoms with Gasteiger partial charge in [0.05, 0.1) is 12.2 Å². The van der Waals surface area contributed by atoms with Gasteiger partial charge < -0.3 is 5.73 Å². The Balaban J connectivity index is 2.83. The average Bonchev–Trinajstić information content (AvgIpc) is 2.18. The summed E-state index contributed by atoms with van der Waals surface area (Å²) in [7, 11) is 0. The van der Waals surface area contributed by atoms with Crippen LogP contribution in [-0.4, -0.2) is 12.5 Å². The minimum Gasteiger partial charge on any atom is -0.399 e. The quantitative estimate of drug-likeness (QED) is 0.641. The van der Waals surface area contributed by atoms with E-state index in [1.807, 2.05) is 0 Å². The molecule has 0 saturated heterocycles. The van der Waals surface area contributed by atoms with E-state index in [0.717, 1.165) is 0 Å². The molecule has 0 bridgehead atoms. The van der Waals surface area contributed by atoms with Crippen molar-refractivity contribution in [3.63, 3.8) is 0 Å². The van der Waals surface area contributed by atoms with Crippen molar-refractivity contribution in [2.24, 2.45) is 0 Å². The number of benzene rings is 1. The molecule has 0 radical (unpaired) electrons. The number of carbonyl (C=O) groups is 1. The number of hydrogen-bond acceptors (Lipinski definition) is 3. The number of nitrogen functional groups attached to an aromatic ring is 1. The first-order valence-electron chi connectivity index (χ1n) is 4.12. The second kappa shape index (κ2) is 4.97. The summed E-state index contributed by atoms with van der Waals surface area (Å²) in [5, 5.41) is 0. The second-order valence-corrected chi connectivity index (χ2v) is 3.46. The maximum absolute atomic E-state index is 11.5. The van der Waals surface area contributed by atoms with Crippen LogP contribution in [0.2, 0.25) is 0 Å². The fraction of sp³-hybridized carbons (Fsp3) is 0.222. The van der Waals surface area contributed by atoms with Crippen LogP contribution in [0.4, 0.5) is 5.69 Å². The third-order valence-corrected chi connectivity index (χ3v) is 2.24. The van der Waals surface area contributed by atoms with Gasteiger partial charge in [0.15, 0.2) is 0 Å². The second-order valence-electron chi connectivity index (χ2n) is 2.60. The molecule has 1 amide bonds. The first kappa shape index (κ1) is 11.0. The lowest BCUT2D eigenvalue weighted by molar-refractivity contribution is 0.0364. The van der Waals surface area contributed by atoms with Gasteiger partial charge in [-0.15, -0.1) is 0 Å². The molecule has 0 aliphatic carbocycles. The van der Waals surface area contributed by atoms with Gasteiger partial charge in [0, 0.05) is 10.2 Å². The third kappa shape index (κ3) is 2.71. The van der Waals surface area contributed by atoms with E-state index in [1.54, 1.807) is 25.1 Å². The topological polar surface area (TPSA) is 64.3 Å². The van der Waals surface area contributed by atoms with Gasteiger partial charge in [-0.3, -0.25) is 9.63 Å². The van der Waals surface area contributed by atoms with Crippen LogP contribution in [-0.2, 0) is 4.84 Å². The smallest absolute Gasteiger partial charge is 0.276 e. The highest BCUT2D eigenvalue weighted by atomic mass is 79.9. The van der Waals surface area contributed by atoms with Crippen LogP contribution in [0, 0.1) is 0 Å². The zero-order chi connectivity index (χ0) is 10.6. The van der Waals surface area contributed by atoms with E-state index in [2.05, 4.69) is 21.4 Å². The Morgan fingerprint density at radius 1 is 1.64 bits per heavy atom. The number of halogens is 1. The number of hydroxylamine groups is 1. The van der Waals surface area contributed by atoms with Gasteiger partial charge in [0.1, 0.15) is 0 Å². The maximum atomic E-state index is 11.5. The molecule has 0 unspecified atom stereocenters. The molecule has 0 atom stereocenters. The highest BCUT2D eigenvalue weighted by Gasteiger charge is 2.09. The minimum absolute atomic E-state index is 0.314. The number of amides is 1. The highest BCUT2D eigenvalue weighted by molar-refractivity contribution is 9.10. The van der Waals surface area contributed by atoms with Crippen LogP contribution in [0.3, 0.4) is 0 Å². The molecule has 1 rings (SSSR count). The summed E-state index contributed by atoms with van der Waals surface area (Å²) in [5.74, 6) is -0.314. The maximum Gasteiger partial charge on any atom is 0.276 e. The Hall–Kier alpha value is -1.07. The van der Waals surface area contributed by atoms with E-state index in [-0.39, 0.29) is 5.91 Å². The van der Waals surface area contributed by atoms with Gasteiger partial charge in [0.2, 0.25) is 0 Å². The van der Waals surface area contributed by atoms with Crippen molar-refractivity contribution in [1.29, 1.82) is 0 Å². The molecule has 4 nitrogen and oxygen atoms in total. The monoisotopic (exact) mass is 258 g/mol. The number of hydrogen-bond donors (Lipinski definition) is 2. The summed E-state index contributed by atoms with van der Waals surface area (Å²) < 4.78 is 0.684. The van der Waals surface area contributed by atoms with E-state index in [1.165, 1.54) is 0 Å². The molecular formula is C9H11BrN2O2. The van der Waals surface area contributed by atoms with E-state index in [9.17, 15) is 4.79 Å². The van der Waals surface area contributed by atoms with Gasteiger partial charge >= 0.3 is 0 Å². The zero-order valence-corrected chi connectivity index (χ0v) is 9.30. The first-order chi connectivity index (χ1) is 6.65. The van der Waals surface area contributed by atoms with Crippen LogP contribution in [0.1, 0.15) is 17.3 Å². The lowest BCUT2D eigenvalue weighted by Crippen LogP contribution is -2.24. The molecular weight excluding hydrogens is 248 g/mol. The Kier molecular flexibility index (Phi) is 3.91. The van der Waals surface area contributed by atoms with E-state index >= 15 is 0 Å². The molecule has 0 saturated carbocycles. The van der Waals surface area contributed by atoms with Crippen molar-refractivity contribution in [3.05, 3.63) is 28.2 Å². The van der Waals surface area contributed by atoms with Gasteiger partial charge in [-0.1, -0.05) is 0 Å². The molecule has 14 heavy (non-hydrogen) atoms.